The maximum absolute atomic E-state index is 10.9. The van der Waals surface area contributed by atoms with E-state index in [9.17, 15) is 9.90 Å². The highest BCUT2D eigenvalue weighted by Crippen LogP contribution is 2.21. The third-order valence-corrected chi connectivity index (χ3v) is 2.11. The number of carbonyl (C=O) groups is 1. The minimum atomic E-state index is -0.361. The van der Waals surface area contributed by atoms with Crippen molar-refractivity contribution in [3.05, 3.63) is 24.1 Å². The minimum Gasteiger partial charge on any atom is -0.508 e. The van der Waals surface area contributed by atoms with Gasteiger partial charge in [-0.15, -0.1) is 0 Å². The molecular weight excluding hydrogens is 212 g/mol. The van der Waals surface area contributed by atoms with E-state index in [1.54, 1.807) is 6.07 Å². The van der Waals surface area contributed by atoms with E-state index in [4.69, 9.17) is 9.15 Å². The molecular formula is C10H6N2O4. The molecule has 0 spiro atoms. The molecule has 1 aromatic carbocycles. The average Bonchev–Trinajstić information content (AvgIpc) is 2.83. The first-order chi connectivity index (χ1) is 7.72. The molecule has 1 aliphatic rings. The standard InChI is InChI=1S/C10H6N2O4/c13-5-1-2-6-7(3-5)16-10(11-6)9-12-8(14)4-15-9/h1-3,13H,4H2. The number of rotatable bonds is 1. The van der Waals surface area contributed by atoms with Crippen LogP contribution < -0.4 is 0 Å². The molecule has 0 saturated carbocycles. The van der Waals surface area contributed by atoms with Crippen LogP contribution in [0.3, 0.4) is 0 Å². The summed E-state index contributed by atoms with van der Waals surface area (Å²) in [5.41, 5.74) is 0.985. The summed E-state index contributed by atoms with van der Waals surface area (Å²) in [5.74, 6) is -0.0483. The Morgan fingerprint density at radius 3 is 3.00 bits per heavy atom. The van der Waals surface area contributed by atoms with Crippen LogP contribution in [0.5, 0.6) is 5.75 Å². The quantitative estimate of drug-likeness (QED) is 0.766. The molecule has 1 N–H and O–H groups in total. The van der Waals surface area contributed by atoms with E-state index in [1.807, 2.05) is 0 Å². The lowest BCUT2D eigenvalue weighted by atomic mass is 10.3. The Hall–Kier alpha value is -2.37. The Kier molecular flexibility index (Phi) is 1.70. The summed E-state index contributed by atoms with van der Waals surface area (Å²) in [4.78, 5) is 18.6. The predicted octanol–water partition coefficient (Wildman–Crippen LogP) is 0.837. The third kappa shape index (κ3) is 1.31. The number of benzene rings is 1. The van der Waals surface area contributed by atoms with Crippen LogP contribution in [0.2, 0.25) is 0 Å². The van der Waals surface area contributed by atoms with Gasteiger partial charge in [-0.2, -0.15) is 4.99 Å². The summed E-state index contributed by atoms with van der Waals surface area (Å²) < 4.78 is 10.3. The zero-order chi connectivity index (χ0) is 11.1. The molecule has 0 unspecified atom stereocenters. The molecule has 6 heteroatoms. The SMILES string of the molecule is O=C1COC(c2nc3ccc(O)cc3o2)=N1. The molecule has 0 radical (unpaired) electrons. The van der Waals surface area contributed by atoms with Crippen molar-refractivity contribution in [2.45, 2.75) is 0 Å². The number of ether oxygens (including phenoxy) is 1. The van der Waals surface area contributed by atoms with Gasteiger partial charge in [0.05, 0.1) is 0 Å². The van der Waals surface area contributed by atoms with Crippen LogP contribution in [0.1, 0.15) is 5.89 Å². The summed E-state index contributed by atoms with van der Waals surface area (Å²) in [6.45, 7) is -0.0840. The van der Waals surface area contributed by atoms with Crippen LogP contribution in [0.15, 0.2) is 27.6 Å². The van der Waals surface area contributed by atoms with Gasteiger partial charge < -0.3 is 14.3 Å². The predicted molar refractivity (Wildman–Crippen MR) is 53.2 cm³/mol. The van der Waals surface area contributed by atoms with Gasteiger partial charge in [-0.1, -0.05) is 0 Å². The first kappa shape index (κ1) is 8.90. The molecule has 0 bridgehead atoms. The maximum atomic E-state index is 10.9. The molecule has 3 rings (SSSR count). The molecule has 16 heavy (non-hydrogen) atoms. The number of aromatic hydroxyl groups is 1. The molecule has 6 nitrogen and oxygen atoms in total. The van der Waals surface area contributed by atoms with Gasteiger partial charge in [0, 0.05) is 6.07 Å². The molecule has 80 valence electrons. The molecule has 0 atom stereocenters. The Morgan fingerprint density at radius 1 is 1.38 bits per heavy atom. The first-order valence-electron chi connectivity index (χ1n) is 4.56. The monoisotopic (exact) mass is 218 g/mol. The van der Waals surface area contributed by atoms with Crippen molar-refractivity contribution >= 4 is 22.9 Å². The summed E-state index contributed by atoms with van der Waals surface area (Å²) in [7, 11) is 0. The van der Waals surface area contributed by atoms with Gasteiger partial charge in [0.2, 0.25) is 0 Å². The second kappa shape index (κ2) is 3.06. The number of aromatic nitrogens is 1. The first-order valence-corrected chi connectivity index (χ1v) is 4.56. The average molecular weight is 218 g/mol. The van der Waals surface area contributed by atoms with Gasteiger partial charge in [0.15, 0.2) is 12.2 Å². The van der Waals surface area contributed by atoms with Gasteiger partial charge in [0.25, 0.3) is 17.7 Å². The Morgan fingerprint density at radius 2 is 2.25 bits per heavy atom. The minimum absolute atomic E-state index is 0.0838. The van der Waals surface area contributed by atoms with Crippen LogP contribution in [0, 0.1) is 0 Å². The van der Waals surface area contributed by atoms with E-state index >= 15 is 0 Å². The fourth-order valence-electron chi connectivity index (χ4n) is 1.42. The maximum Gasteiger partial charge on any atom is 0.287 e. The van der Waals surface area contributed by atoms with Crippen molar-refractivity contribution in [3.8, 4) is 5.75 Å². The largest absolute Gasteiger partial charge is 0.508 e. The number of amides is 1. The van der Waals surface area contributed by atoms with E-state index in [1.165, 1.54) is 12.1 Å². The summed E-state index contributed by atoms with van der Waals surface area (Å²) in [5, 5.41) is 9.24. The highest BCUT2D eigenvalue weighted by atomic mass is 16.5. The number of hydrogen-bond donors (Lipinski definition) is 1. The van der Waals surface area contributed by atoms with Crippen molar-refractivity contribution in [2.24, 2.45) is 4.99 Å². The second-order valence-corrected chi connectivity index (χ2v) is 3.27. The smallest absolute Gasteiger partial charge is 0.287 e. The van der Waals surface area contributed by atoms with E-state index in [0.717, 1.165) is 0 Å². The second-order valence-electron chi connectivity index (χ2n) is 3.27. The van der Waals surface area contributed by atoms with E-state index < -0.39 is 0 Å². The highest BCUT2D eigenvalue weighted by Gasteiger charge is 2.22. The highest BCUT2D eigenvalue weighted by molar-refractivity contribution is 6.04. The lowest BCUT2D eigenvalue weighted by Gasteiger charge is -1.91. The zero-order valence-corrected chi connectivity index (χ0v) is 8.01. The number of fused-ring (bicyclic) bond motifs is 1. The number of oxazole rings is 1. The van der Waals surface area contributed by atoms with Crippen LogP contribution in [0.25, 0.3) is 11.1 Å². The van der Waals surface area contributed by atoms with Gasteiger partial charge in [0.1, 0.15) is 11.3 Å². The van der Waals surface area contributed by atoms with Gasteiger partial charge in [-0.05, 0) is 12.1 Å². The summed E-state index contributed by atoms with van der Waals surface area (Å²) >= 11 is 0. The Labute approximate surface area is 89.2 Å². The van der Waals surface area contributed by atoms with Gasteiger partial charge in [-0.25, -0.2) is 4.98 Å². The third-order valence-electron chi connectivity index (χ3n) is 2.11. The fourth-order valence-corrected chi connectivity index (χ4v) is 1.42. The van der Waals surface area contributed by atoms with Crippen LogP contribution in [0.4, 0.5) is 0 Å². The molecule has 0 saturated heterocycles. The van der Waals surface area contributed by atoms with Crippen molar-refractivity contribution in [1.29, 1.82) is 0 Å². The van der Waals surface area contributed by atoms with E-state index in [0.29, 0.717) is 11.1 Å². The molecule has 0 aliphatic carbocycles. The molecule has 1 aliphatic heterocycles. The van der Waals surface area contributed by atoms with Crippen molar-refractivity contribution in [2.75, 3.05) is 6.61 Å². The Balaban J connectivity index is 2.12. The Bertz CT molecular complexity index is 614. The van der Waals surface area contributed by atoms with Gasteiger partial charge in [-0.3, -0.25) is 4.79 Å². The van der Waals surface area contributed by atoms with E-state index in [-0.39, 0.29) is 30.1 Å². The summed E-state index contributed by atoms with van der Waals surface area (Å²) in [6.07, 6.45) is 0. The number of phenolic OH excluding ortho intramolecular Hbond substituents is 1. The van der Waals surface area contributed by atoms with Crippen molar-refractivity contribution in [3.63, 3.8) is 0 Å². The van der Waals surface area contributed by atoms with E-state index in [2.05, 4.69) is 9.98 Å². The van der Waals surface area contributed by atoms with Crippen LogP contribution >= 0.6 is 0 Å². The molecule has 2 aromatic rings. The summed E-state index contributed by atoms with van der Waals surface area (Å²) in [6, 6.07) is 4.54. The number of hydrogen-bond acceptors (Lipinski definition) is 5. The number of carbonyl (C=O) groups excluding carboxylic acids is 1. The van der Waals surface area contributed by atoms with Crippen LogP contribution in [-0.2, 0) is 9.53 Å². The molecule has 0 fully saturated rings. The molecule has 1 aromatic heterocycles. The number of phenols is 1. The fraction of sp³-hybridized carbons (Fsp3) is 0.100. The topological polar surface area (TPSA) is 84.9 Å². The van der Waals surface area contributed by atoms with Crippen molar-refractivity contribution in [1.82, 2.24) is 4.98 Å². The molecule has 1 amide bonds. The normalized spacial score (nSPS) is 15.2. The lowest BCUT2D eigenvalue weighted by Crippen LogP contribution is -2.01. The molecule has 2 heterocycles. The number of nitrogens with zero attached hydrogens (tertiary/aromatic N) is 2. The zero-order valence-electron chi connectivity index (χ0n) is 8.01. The number of aliphatic imine (C=N–C) groups is 1. The van der Waals surface area contributed by atoms with Crippen molar-refractivity contribution < 1.29 is 19.1 Å². The lowest BCUT2D eigenvalue weighted by molar-refractivity contribution is -0.118. The van der Waals surface area contributed by atoms with Crippen LogP contribution in [-0.4, -0.2) is 28.5 Å². The van der Waals surface area contributed by atoms with Gasteiger partial charge >= 0.3 is 0 Å².